The Labute approximate surface area is 164 Å². The molecule has 3 heterocycles. The van der Waals surface area contributed by atoms with Crippen LogP contribution < -0.4 is 4.74 Å². The number of hydrogen-bond acceptors (Lipinski definition) is 6. The third kappa shape index (κ3) is 3.30. The van der Waals surface area contributed by atoms with Crippen LogP contribution in [-0.2, 0) is 12.7 Å². The first-order valence-electron chi connectivity index (χ1n) is 7.87. The zero-order valence-electron chi connectivity index (χ0n) is 14.2. The number of hydrogen-bond donors (Lipinski definition) is 0. The summed E-state index contributed by atoms with van der Waals surface area (Å²) in [6, 6.07) is 6.90. The van der Waals surface area contributed by atoms with Gasteiger partial charge in [-0.15, -0.1) is 5.10 Å². The summed E-state index contributed by atoms with van der Waals surface area (Å²) in [6.07, 6.45) is -1.82. The minimum absolute atomic E-state index is 0.0534. The van der Waals surface area contributed by atoms with E-state index in [0.29, 0.717) is 10.4 Å². The highest BCUT2D eigenvalue weighted by Crippen LogP contribution is 2.32. The molecule has 0 spiro atoms. The van der Waals surface area contributed by atoms with Crippen LogP contribution in [0.2, 0.25) is 0 Å². The lowest BCUT2D eigenvalue weighted by Gasteiger charge is -2.06. The summed E-state index contributed by atoms with van der Waals surface area (Å²) in [5, 5.41) is 7.71. The number of halogens is 4. The van der Waals surface area contributed by atoms with Crippen molar-refractivity contribution >= 4 is 21.7 Å². The molecule has 0 aliphatic heterocycles. The number of fused-ring (bicyclic) bond motifs is 1. The van der Waals surface area contributed by atoms with Crippen LogP contribution in [0, 0.1) is 0 Å². The van der Waals surface area contributed by atoms with Crippen molar-refractivity contribution < 1.29 is 17.9 Å². The molecule has 0 aliphatic rings. The second kappa shape index (κ2) is 6.86. The number of rotatable bonds is 4. The van der Waals surface area contributed by atoms with Gasteiger partial charge in [0.25, 0.3) is 11.6 Å². The molecule has 4 aromatic rings. The van der Waals surface area contributed by atoms with E-state index in [-0.39, 0.29) is 23.8 Å². The molecule has 3 aromatic heterocycles. The molecule has 0 radical (unpaired) electrons. The van der Waals surface area contributed by atoms with E-state index in [1.165, 1.54) is 24.0 Å². The molecule has 0 bridgehead atoms. The third-order valence-electron chi connectivity index (χ3n) is 3.85. The Kier molecular flexibility index (Phi) is 4.49. The van der Waals surface area contributed by atoms with Crippen LogP contribution in [0.3, 0.4) is 0 Å². The van der Waals surface area contributed by atoms with E-state index in [1.54, 1.807) is 24.3 Å². The number of imidazole rings is 1. The summed E-state index contributed by atoms with van der Waals surface area (Å²) >= 11 is 3.31. The van der Waals surface area contributed by atoms with Gasteiger partial charge >= 0.3 is 6.18 Å². The van der Waals surface area contributed by atoms with Crippen molar-refractivity contribution in [3.63, 3.8) is 0 Å². The minimum Gasteiger partial charge on any atom is -0.497 e. The predicted molar refractivity (Wildman–Crippen MR) is 94.6 cm³/mol. The Morgan fingerprint density at radius 2 is 1.86 bits per heavy atom. The maximum absolute atomic E-state index is 13.2. The first kappa shape index (κ1) is 18.3. The molecule has 0 aliphatic carbocycles. The molecule has 0 unspecified atom stereocenters. The van der Waals surface area contributed by atoms with Gasteiger partial charge in [-0.2, -0.15) is 22.8 Å². The monoisotopic (exact) mass is 453 g/mol. The fourth-order valence-corrected chi connectivity index (χ4v) is 3.07. The molecule has 0 saturated carbocycles. The van der Waals surface area contributed by atoms with Gasteiger partial charge in [-0.1, -0.05) is 12.1 Å². The Balaban J connectivity index is 1.82. The first-order chi connectivity index (χ1) is 13.4. The van der Waals surface area contributed by atoms with Crippen LogP contribution >= 0.6 is 15.9 Å². The molecule has 0 saturated heterocycles. The number of ether oxygens (including phenoxy) is 1. The highest BCUT2D eigenvalue weighted by molar-refractivity contribution is 9.10. The number of methoxy groups -OCH3 is 1. The fraction of sp³-hybridized carbons (Fsp3) is 0.188. The molecule has 28 heavy (non-hydrogen) atoms. The van der Waals surface area contributed by atoms with Gasteiger partial charge in [-0.25, -0.2) is 19.6 Å². The zero-order chi connectivity index (χ0) is 19.9. The van der Waals surface area contributed by atoms with Crippen molar-refractivity contribution in [2.24, 2.45) is 0 Å². The molecule has 12 heteroatoms. The predicted octanol–water partition coefficient (Wildman–Crippen LogP) is 3.22. The maximum atomic E-state index is 13.2. The Morgan fingerprint density at radius 1 is 1.11 bits per heavy atom. The molecule has 4 rings (SSSR count). The largest absolute Gasteiger partial charge is 0.497 e. The normalized spacial score (nSPS) is 11.9. The summed E-state index contributed by atoms with van der Waals surface area (Å²) in [5.41, 5.74) is 0.875. The first-order valence-corrected chi connectivity index (χ1v) is 8.66. The van der Waals surface area contributed by atoms with E-state index < -0.39 is 12.0 Å². The van der Waals surface area contributed by atoms with Gasteiger partial charge < -0.3 is 4.74 Å². The van der Waals surface area contributed by atoms with Gasteiger partial charge in [0, 0.05) is 0 Å². The average molecular weight is 454 g/mol. The summed E-state index contributed by atoms with van der Waals surface area (Å²) in [7, 11) is 1.53. The van der Waals surface area contributed by atoms with Crippen molar-refractivity contribution in [1.82, 2.24) is 34.3 Å². The number of alkyl halides is 3. The topological polar surface area (TPSA) is 83.0 Å². The molecular formula is C16H11BrF3N7O. The summed E-state index contributed by atoms with van der Waals surface area (Å²) < 4.78 is 47.6. The summed E-state index contributed by atoms with van der Waals surface area (Å²) in [6.45, 7) is 0.0591. The van der Waals surface area contributed by atoms with E-state index in [4.69, 9.17) is 4.74 Å². The van der Waals surface area contributed by atoms with Crippen molar-refractivity contribution in [3.8, 4) is 17.3 Å². The molecular weight excluding hydrogens is 443 g/mol. The van der Waals surface area contributed by atoms with Gasteiger partial charge in [0.15, 0.2) is 5.82 Å². The Morgan fingerprint density at radius 3 is 2.50 bits per heavy atom. The Hall–Kier alpha value is -3.02. The van der Waals surface area contributed by atoms with Crippen molar-refractivity contribution in [1.29, 1.82) is 0 Å². The minimum atomic E-state index is -4.69. The van der Waals surface area contributed by atoms with Crippen LogP contribution in [0.5, 0.6) is 5.75 Å². The highest BCUT2D eigenvalue weighted by atomic mass is 79.9. The Bertz CT molecular complexity index is 1140. The molecule has 8 nitrogen and oxygen atoms in total. The molecule has 0 N–H and O–H groups in total. The van der Waals surface area contributed by atoms with Gasteiger partial charge in [0.1, 0.15) is 16.0 Å². The number of benzene rings is 1. The lowest BCUT2D eigenvalue weighted by molar-refractivity contribution is -0.144. The van der Waals surface area contributed by atoms with E-state index in [0.717, 1.165) is 10.2 Å². The van der Waals surface area contributed by atoms with Crippen LogP contribution in [0.25, 0.3) is 17.3 Å². The van der Waals surface area contributed by atoms with E-state index in [9.17, 15) is 13.2 Å². The van der Waals surface area contributed by atoms with Crippen molar-refractivity contribution in [2.45, 2.75) is 12.7 Å². The second-order valence-electron chi connectivity index (χ2n) is 5.67. The SMILES string of the molecule is COc1ccc(Cn2nc(C(F)(F)F)nc2-c2nc3nccnn3c2Br)cc1. The van der Waals surface area contributed by atoms with Crippen molar-refractivity contribution in [3.05, 3.63) is 52.7 Å². The lowest BCUT2D eigenvalue weighted by Crippen LogP contribution is -2.09. The van der Waals surface area contributed by atoms with Gasteiger partial charge in [-0.05, 0) is 33.6 Å². The highest BCUT2D eigenvalue weighted by Gasteiger charge is 2.38. The fourth-order valence-electron chi connectivity index (χ4n) is 2.56. The third-order valence-corrected chi connectivity index (χ3v) is 4.56. The number of nitrogens with zero attached hydrogens (tertiary/aromatic N) is 7. The summed E-state index contributed by atoms with van der Waals surface area (Å²) in [5.74, 6) is -0.445. The van der Waals surface area contributed by atoms with Crippen LogP contribution in [0.1, 0.15) is 11.4 Å². The molecule has 0 amide bonds. The quantitative estimate of drug-likeness (QED) is 0.471. The average Bonchev–Trinajstić information content (AvgIpc) is 3.24. The standard InChI is InChI=1S/C16H11BrF3N7O/c1-28-10-4-2-9(3-5-10)8-26-13(24-14(25-26)16(18,19)20)11-12(17)27-15(23-11)21-6-7-22-27/h2-7H,8H2,1H3. The van der Waals surface area contributed by atoms with Gasteiger partial charge in [-0.3, -0.25) is 0 Å². The smallest absolute Gasteiger partial charge is 0.453 e. The van der Waals surface area contributed by atoms with Crippen LogP contribution in [-0.4, -0.2) is 41.5 Å². The van der Waals surface area contributed by atoms with Gasteiger partial charge in [0.05, 0.1) is 26.0 Å². The van der Waals surface area contributed by atoms with Gasteiger partial charge in [0.2, 0.25) is 0 Å². The lowest BCUT2D eigenvalue weighted by atomic mass is 10.2. The van der Waals surface area contributed by atoms with Crippen LogP contribution in [0.15, 0.2) is 41.3 Å². The maximum Gasteiger partial charge on any atom is 0.453 e. The van der Waals surface area contributed by atoms with Crippen LogP contribution in [0.4, 0.5) is 13.2 Å². The zero-order valence-corrected chi connectivity index (χ0v) is 15.8. The number of aromatic nitrogens is 7. The summed E-state index contributed by atoms with van der Waals surface area (Å²) in [4.78, 5) is 12.0. The second-order valence-corrected chi connectivity index (χ2v) is 6.42. The van der Waals surface area contributed by atoms with E-state index in [1.807, 2.05) is 0 Å². The van der Waals surface area contributed by atoms with E-state index in [2.05, 4.69) is 41.1 Å². The molecule has 144 valence electrons. The molecule has 0 fully saturated rings. The molecule has 0 atom stereocenters. The van der Waals surface area contributed by atoms with Crippen molar-refractivity contribution in [2.75, 3.05) is 7.11 Å². The van der Waals surface area contributed by atoms with E-state index >= 15 is 0 Å². The molecule has 1 aromatic carbocycles.